The molecule has 4 nitrogen and oxygen atoms in total. The third-order valence-corrected chi connectivity index (χ3v) is 4.54. The minimum absolute atomic E-state index is 0.431. The Kier molecular flexibility index (Phi) is 3.67. The molecule has 1 unspecified atom stereocenters. The summed E-state index contributed by atoms with van der Waals surface area (Å²) in [4.78, 5) is 0. The fraction of sp³-hybridized carbons (Fsp3) is 1.00. The molecule has 0 aromatic heterocycles. The van der Waals surface area contributed by atoms with Crippen molar-refractivity contribution in [3.05, 3.63) is 0 Å². The summed E-state index contributed by atoms with van der Waals surface area (Å²) in [5.41, 5.74) is -0.431. The summed E-state index contributed by atoms with van der Waals surface area (Å²) >= 11 is 11.4. The predicted molar refractivity (Wildman–Crippen MR) is 51.8 cm³/mol. The van der Waals surface area contributed by atoms with E-state index in [1.807, 2.05) is 0 Å². The summed E-state index contributed by atoms with van der Waals surface area (Å²) in [5, 5.41) is 0. The van der Waals surface area contributed by atoms with Crippen molar-refractivity contribution >= 4 is 37.9 Å². The number of rotatable bonds is 0. The molecule has 0 bridgehead atoms. The lowest BCUT2D eigenvalue weighted by atomic mass is 10.0. The maximum atomic E-state index is 5.76. The second-order valence-electron chi connectivity index (χ2n) is 2.83. The average molecular weight is 265 g/mol. The monoisotopic (exact) mass is 264 g/mol. The molecular formula is C5H8Cl2O4P2. The van der Waals surface area contributed by atoms with Crippen LogP contribution in [-0.4, -0.2) is 25.4 Å². The summed E-state index contributed by atoms with van der Waals surface area (Å²) in [5.74, 6) is 0. The molecule has 0 amide bonds. The molecule has 0 N–H and O–H groups in total. The van der Waals surface area contributed by atoms with Crippen molar-refractivity contribution in [3.8, 4) is 0 Å². The van der Waals surface area contributed by atoms with Crippen LogP contribution in [0.3, 0.4) is 0 Å². The zero-order chi connectivity index (χ0) is 9.31. The zero-order valence-corrected chi connectivity index (χ0v) is 9.91. The lowest BCUT2D eigenvalue weighted by Gasteiger charge is -2.40. The van der Waals surface area contributed by atoms with Gasteiger partial charge in [0.1, 0.15) is 5.60 Å². The topological polar surface area (TPSA) is 36.9 Å². The highest BCUT2D eigenvalue weighted by Gasteiger charge is 2.43. The van der Waals surface area contributed by atoms with Crippen LogP contribution in [-0.2, 0) is 18.1 Å². The molecule has 1 spiro atoms. The molecule has 0 aromatic rings. The Morgan fingerprint density at radius 2 is 1.69 bits per heavy atom. The molecule has 2 heterocycles. The van der Waals surface area contributed by atoms with E-state index in [4.69, 9.17) is 40.6 Å². The minimum atomic E-state index is -1.30. The van der Waals surface area contributed by atoms with Crippen LogP contribution in [0.15, 0.2) is 0 Å². The van der Waals surface area contributed by atoms with Crippen molar-refractivity contribution in [1.29, 1.82) is 0 Å². The Balaban J connectivity index is 1.95. The highest BCUT2D eigenvalue weighted by molar-refractivity contribution is 7.76. The summed E-state index contributed by atoms with van der Waals surface area (Å²) in [7, 11) is -2.54. The molecule has 13 heavy (non-hydrogen) atoms. The molecule has 0 aliphatic carbocycles. The lowest BCUT2D eigenvalue weighted by Crippen LogP contribution is -2.45. The number of hydrogen-bond donors (Lipinski definition) is 0. The first kappa shape index (κ1) is 10.8. The Bertz CT molecular complexity index is 187. The van der Waals surface area contributed by atoms with E-state index < -0.39 is 21.1 Å². The fourth-order valence-corrected chi connectivity index (χ4v) is 3.62. The van der Waals surface area contributed by atoms with Gasteiger partial charge in [0.05, 0.1) is 19.8 Å². The third-order valence-electron chi connectivity index (χ3n) is 1.87. The van der Waals surface area contributed by atoms with Gasteiger partial charge in [-0.1, -0.05) is 0 Å². The summed E-state index contributed by atoms with van der Waals surface area (Å²) < 4.78 is 21.0. The second-order valence-corrected chi connectivity index (χ2v) is 6.29. The summed E-state index contributed by atoms with van der Waals surface area (Å²) in [6, 6.07) is 0. The highest BCUT2D eigenvalue weighted by Crippen LogP contribution is 2.56. The largest absolute Gasteiger partial charge is 0.322 e. The number of hydrogen-bond acceptors (Lipinski definition) is 4. The van der Waals surface area contributed by atoms with Gasteiger partial charge in [0, 0.05) is 6.42 Å². The first-order chi connectivity index (χ1) is 6.20. The van der Waals surface area contributed by atoms with Crippen LogP contribution in [0.2, 0.25) is 0 Å². The fourth-order valence-electron chi connectivity index (χ4n) is 1.14. The molecule has 2 aliphatic rings. The summed E-state index contributed by atoms with van der Waals surface area (Å²) in [6.45, 7) is 1.47. The summed E-state index contributed by atoms with van der Waals surface area (Å²) in [6.07, 6.45) is 0.735. The smallest absolute Gasteiger partial charge is 0.277 e. The van der Waals surface area contributed by atoms with Crippen molar-refractivity contribution < 1.29 is 18.1 Å². The van der Waals surface area contributed by atoms with Crippen LogP contribution in [0, 0.1) is 0 Å². The Labute approximate surface area is 88.2 Å². The maximum Gasteiger partial charge on any atom is 0.277 e. The first-order valence-corrected chi connectivity index (χ1v) is 7.86. The van der Waals surface area contributed by atoms with Gasteiger partial charge < -0.3 is 18.1 Å². The first-order valence-electron chi connectivity index (χ1n) is 3.70. The van der Waals surface area contributed by atoms with Gasteiger partial charge in [0.15, 0.2) is 0 Å². The van der Waals surface area contributed by atoms with Crippen LogP contribution in [0.25, 0.3) is 0 Å². The van der Waals surface area contributed by atoms with Gasteiger partial charge in [-0.25, -0.2) is 0 Å². The molecular weight excluding hydrogens is 257 g/mol. The van der Waals surface area contributed by atoms with Gasteiger partial charge in [-0.05, 0) is 22.5 Å². The second kappa shape index (κ2) is 4.42. The van der Waals surface area contributed by atoms with Crippen molar-refractivity contribution in [3.63, 3.8) is 0 Å². The van der Waals surface area contributed by atoms with E-state index in [1.165, 1.54) is 0 Å². The van der Waals surface area contributed by atoms with Crippen LogP contribution < -0.4 is 0 Å². The van der Waals surface area contributed by atoms with E-state index in [2.05, 4.69) is 0 Å². The molecule has 1 atom stereocenters. The van der Waals surface area contributed by atoms with Crippen LogP contribution in [0.4, 0.5) is 0 Å². The van der Waals surface area contributed by atoms with E-state index in [0.717, 1.165) is 6.42 Å². The Hall–Kier alpha value is 1.28. The lowest BCUT2D eigenvalue weighted by molar-refractivity contribution is -0.0701. The quantitative estimate of drug-likeness (QED) is 0.630. The van der Waals surface area contributed by atoms with Gasteiger partial charge in [-0.2, -0.15) is 0 Å². The molecule has 8 heteroatoms. The highest BCUT2D eigenvalue weighted by atomic mass is 35.7. The normalized spacial score (nSPS) is 46.6. The van der Waals surface area contributed by atoms with Gasteiger partial charge in [-0.15, -0.1) is 0 Å². The SMILES string of the molecule is ClP1OCC2(CCOP(Cl)O2)CO1. The Morgan fingerprint density at radius 1 is 1.00 bits per heavy atom. The van der Waals surface area contributed by atoms with Crippen LogP contribution >= 0.6 is 37.9 Å². The van der Waals surface area contributed by atoms with Crippen LogP contribution in [0.1, 0.15) is 6.42 Å². The van der Waals surface area contributed by atoms with Gasteiger partial charge in [0.2, 0.25) is 0 Å². The van der Waals surface area contributed by atoms with Crippen molar-refractivity contribution in [2.75, 3.05) is 19.8 Å². The minimum Gasteiger partial charge on any atom is -0.322 e. The molecule has 2 aliphatic heterocycles. The van der Waals surface area contributed by atoms with E-state index in [-0.39, 0.29) is 0 Å². The number of halogens is 2. The van der Waals surface area contributed by atoms with E-state index in [0.29, 0.717) is 19.8 Å². The van der Waals surface area contributed by atoms with Crippen LogP contribution in [0.5, 0.6) is 0 Å². The van der Waals surface area contributed by atoms with E-state index in [1.54, 1.807) is 0 Å². The molecule has 2 fully saturated rings. The zero-order valence-electron chi connectivity index (χ0n) is 6.61. The molecule has 0 aromatic carbocycles. The Morgan fingerprint density at radius 3 is 2.31 bits per heavy atom. The van der Waals surface area contributed by atoms with Crippen molar-refractivity contribution in [1.82, 2.24) is 0 Å². The van der Waals surface area contributed by atoms with Gasteiger partial charge in [0.25, 0.3) is 15.5 Å². The average Bonchev–Trinajstić information content (AvgIpc) is 2.11. The van der Waals surface area contributed by atoms with Crippen molar-refractivity contribution in [2.24, 2.45) is 0 Å². The molecule has 0 radical (unpaired) electrons. The predicted octanol–water partition coefficient (Wildman–Crippen LogP) is 3.14. The molecule has 2 rings (SSSR count). The molecule has 0 saturated carbocycles. The van der Waals surface area contributed by atoms with Crippen molar-refractivity contribution in [2.45, 2.75) is 12.0 Å². The van der Waals surface area contributed by atoms with Gasteiger partial charge >= 0.3 is 0 Å². The standard InChI is InChI=1S/C5H8Cl2O4P2/c6-12-9-3-5(4-10-12)1-2-8-13(7)11-5/h1-4H2. The molecule has 2 saturated heterocycles. The maximum absolute atomic E-state index is 5.76. The van der Waals surface area contributed by atoms with E-state index >= 15 is 0 Å². The van der Waals surface area contributed by atoms with E-state index in [9.17, 15) is 0 Å². The molecule has 76 valence electrons. The van der Waals surface area contributed by atoms with Gasteiger partial charge in [-0.3, -0.25) is 0 Å². The third kappa shape index (κ3) is 2.64.